The number of hydrogen-bond acceptors (Lipinski definition) is 1. The predicted molar refractivity (Wildman–Crippen MR) is 55.0 cm³/mol. The van der Waals surface area contributed by atoms with Gasteiger partial charge in [-0.1, -0.05) is 24.1 Å². The second kappa shape index (κ2) is 3.55. The van der Waals surface area contributed by atoms with Crippen LogP contribution in [0.2, 0.25) is 0 Å². The molecule has 0 bridgehead atoms. The van der Waals surface area contributed by atoms with E-state index in [1.807, 2.05) is 0 Å². The first-order valence-electron chi connectivity index (χ1n) is 4.29. The van der Waals surface area contributed by atoms with Gasteiger partial charge in [0, 0.05) is 5.56 Å². The van der Waals surface area contributed by atoms with Gasteiger partial charge in [0.1, 0.15) is 0 Å². The summed E-state index contributed by atoms with van der Waals surface area (Å²) in [5, 5.41) is 9.05. The molecule has 0 amide bonds. The van der Waals surface area contributed by atoms with Crippen molar-refractivity contribution in [3.05, 3.63) is 35.4 Å². The van der Waals surface area contributed by atoms with Gasteiger partial charge in [-0.15, -0.1) is 6.42 Å². The molecule has 0 aliphatic heterocycles. The number of carboxylic acids is 1. The Morgan fingerprint density at radius 1 is 1.43 bits per heavy atom. The summed E-state index contributed by atoms with van der Waals surface area (Å²) in [6.07, 6.45) is 5.30. The third-order valence-corrected chi connectivity index (χ3v) is 2.29. The van der Waals surface area contributed by atoms with E-state index in [1.54, 1.807) is 38.1 Å². The monoisotopic (exact) mass is 188 g/mol. The van der Waals surface area contributed by atoms with Crippen LogP contribution in [-0.4, -0.2) is 11.1 Å². The van der Waals surface area contributed by atoms with E-state index in [0.29, 0.717) is 11.1 Å². The molecule has 0 saturated carbocycles. The molecule has 0 heterocycles. The summed E-state index contributed by atoms with van der Waals surface area (Å²) in [7, 11) is 0. The van der Waals surface area contributed by atoms with E-state index in [4.69, 9.17) is 11.5 Å². The molecule has 2 nitrogen and oxygen atoms in total. The van der Waals surface area contributed by atoms with Gasteiger partial charge in [0.2, 0.25) is 0 Å². The minimum absolute atomic E-state index is 0.639. The molecule has 0 aliphatic rings. The molecule has 72 valence electrons. The normalized spacial score (nSPS) is 10.6. The van der Waals surface area contributed by atoms with E-state index in [2.05, 4.69) is 5.92 Å². The highest BCUT2D eigenvalue weighted by atomic mass is 16.4. The summed E-state index contributed by atoms with van der Waals surface area (Å²) in [6, 6.07) is 7.10. The van der Waals surface area contributed by atoms with E-state index in [1.165, 1.54) is 0 Å². The zero-order chi connectivity index (χ0) is 10.8. The SMILES string of the molecule is C#Cc1ccccc1C(C)(C)C(=O)O. The number of benzene rings is 1. The molecule has 0 atom stereocenters. The van der Waals surface area contributed by atoms with Crippen molar-refractivity contribution in [3.63, 3.8) is 0 Å². The van der Waals surface area contributed by atoms with Gasteiger partial charge >= 0.3 is 5.97 Å². The van der Waals surface area contributed by atoms with E-state index >= 15 is 0 Å². The van der Waals surface area contributed by atoms with E-state index in [0.717, 1.165) is 0 Å². The Labute approximate surface area is 83.6 Å². The number of carbonyl (C=O) groups is 1. The van der Waals surface area contributed by atoms with Gasteiger partial charge in [-0.25, -0.2) is 0 Å². The number of rotatable bonds is 2. The second-order valence-electron chi connectivity index (χ2n) is 3.62. The first-order chi connectivity index (χ1) is 6.50. The molecule has 1 aromatic rings. The van der Waals surface area contributed by atoms with E-state index < -0.39 is 11.4 Å². The Balaban J connectivity index is 3.33. The van der Waals surface area contributed by atoms with Crippen LogP contribution in [0.5, 0.6) is 0 Å². The van der Waals surface area contributed by atoms with Crippen molar-refractivity contribution in [1.82, 2.24) is 0 Å². The molecule has 1 rings (SSSR count). The summed E-state index contributed by atoms with van der Waals surface area (Å²) in [5.74, 6) is 1.62. The van der Waals surface area contributed by atoms with Crippen LogP contribution in [0.4, 0.5) is 0 Å². The number of carboxylic acid groups (broad SMARTS) is 1. The van der Waals surface area contributed by atoms with Crippen molar-refractivity contribution in [2.24, 2.45) is 0 Å². The molecule has 0 radical (unpaired) electrons. The molecule has 0 spiro atoms. The summed E-state index contributed by atoms with van der Waals surface area (Å²) >= 11 is 0. The van der Waals surface area contributed by atoms with E-state index in [9.17, 15) is 4.79 Å². The zero-order valence-electron chi connectivity index (χ0n) is 8.24. The fraction of sp³-hybridized carbons (Fsp3) is 0.250. The highest BCUT2D eigenvalue weighted by Crippen LogP contribution is 2.26. The van der Waals surface area contributed by atoms with Crippen molar-refractivity contribution >= 4 is 5.97 Å². The Bertz CT molecular complexity index is 397. The summed E-state index contributed by atoms with van der Waals surface area (Å²) < 4.78 is 0. The summed E-state index contributed by atoms with van der Waals surface area (Å²) in [5.41, 5.74) is 0.373. The Kier molecular flexibility index (Phi) is 2.62. The molecular formula is C12H12O2. The zero-order valence-corrected chi connectivity index (χ0v) is 8.24. The van der Waals surface area contributed by atoms with Gasteiger partial charge in [-0.3, -0.25) is 4.79 Å². The average molecular weight is 188 g/mol. The smallest absolute Gasteiger partial charge is 0.313 e. The van der Waals surface area contributed by atoms with Crippen LogP contribution in [-0.2, 0) is 10.2 Å². The van der Waals surface area contributed by atoms with Crippen LogP contribution < -0.4 is 0 Å². The maximum Gasteiger partial charge on any atom is 0.313 e. The Hall–Kier alpha value is -1.75. The second-order valence-corrected chi connectivity index (χ2v) is 3.62. The lowest BCUT2D eigenvalue weighted by atomic mass is 9.82. The van der Waals surface area contributed by atoms with Gasteiger partial charge in [0.05, 0.1) is 5.41 Å². The van der Waals surface area contributed by atoms with Crippen molar-refractivity contribution in [2.75, 3.05) is 0 Å². The minimum Gasteiger partial charge on any atom is -0.481 e. The van der Waals surface area contributed by atoms with Crippen molar-refractivity contribution in [1.29, 1.82) is 0 Å². The maximum absolute atomic E-state index is 11.0. The first kappa shape index (κ1) is 10.3. The number of terminal acetylenes is 1. The lowest BCUT2D eigenvalue weighted by molar-refractivity contribution is -0.142. The summed E-state index contributed by atoms with van der Waals surface area (Å²) in [6.45, 7) is 3.29. The third kappa shape index (κ3) is 1.62. The first-order valence-corrected chi connectivity index (χ1v) is 4.29. The molecule has 14 heavy (non-hydrogen) atoms. The van der Waals surface area contributed by atoms with Crippen LogP contribution in [0.1, 0.15) is 25.0 Å². The molecule has 0 unspecified atom stereocenters. The topological polar surface area (TPSA) is 37.3 Å². The number of aliphatic carboxylic acids is 1. The maximum atomic E-state index is 11.0. The van der Waals surface area contributed by atoms with Crippen molar-refractivity contribution in [3.8, 4) is 12.3 Å². The molecule has 1 aromatic carbocycles. The number of hydrogen-bond donors (Lipinski definition) is 1. The lowest BCUT2D eigenvalue weighted by Gasteiger charge is -2.21. The van der Waals surface area contributed by atoms with Crippen LogP contribution in [0.3, 0.4) is 0 Å². The standard InChI is InChI=1S/C12H12O2/c1-4-9-7-5-6-8-10(9)12(2,3)11(13)14/h1,5-8H,2-3H3,(H,13,14). The molecule has 1 N–H and O–H groups in total. The van der Waals surface area contributed by atoms with Gasteiger partial charge in [-0.05, 0) is 25.5 Å². The molecule has 0 aliphatic carbocycles. The molecular weight excluding hydrogens is 176 g/mol. The van der Waals surface area contributed by atoms with Gasteiger partial charge in [-0.2, -0.15) is 0 Å². The lowest BCUT2D eigenvalue weighted by Crippen LogP contribution is -2.29. The molecule has 2 heteroatoms. The highest BCUT2D eigenvalue weighted by molar-refractivity contribution is 5.81. The highest BCUT2D eigenvalue weighted by Gasteiger charge is 2.30. The van der Waals surface area contributed by atoms with Crippen molar-refractivity contribution < 1.29 is 9.90 Å². The molecule has 0 aromatic heterocycles. The Morgan fingerprint density at radius 3 is 2.50 bits per heavy atom. The Morgan fingerprint density at radius 2 is 2.00 bits per heavy atom. The van der Waals surface area contributed by atoms with Crippen LogP contribution in [0.25, 0.3) is 0 Å². The van der Waals surface area contributed by atoms with Crippen LogP contribution in [0.15, 0.2) is 24.3 Å². The van der Waals surface area contributed by atoms with Crippen LogP contribution in [0, 0.1) is 12.3 Å². The van der Waals surface area contributed by atoms with Gasteiger partial charge in [0.25, 0.3) is 0 Å². The quantitative estimate of drug-likeness (QED) is 0.721. The average Bonchev–Trinajstić information content (AvgIpc) is 2.17. The van der Waals surface area contributed by atoms with Gasteiger partial charge < -0.3 is 5.11 Å². The fourth-order valence-electron chi connectivity index (χ4n) is 1.27. The van der Waals surface area contributed by atoms with Gasteiger partial charge in [0.15, 0.2) is 0 Å². The minimum atomic E-state index is -0.942. The van der Waals surface area contributed by atoms with E-state index in [-0.39, 0.29) is 0 Å². The van der Waals surface area contributed by atoms with Crippen molar-refractivity contribution in [2.45, 2.75) is 19.3 Å². The third-order valence-electron chi connectivity index (χ3n) is 2.29. The largest absolute Gasteiger partial charge is 0.481 e. The predicted octanol–water partition coefficient (Wildman–Crippen LogP) is 2.03. The molecule has 0 fully saturated rings. The summed E-state index contributed by atoms with van der Waals surface area (Å²) in [4.78, 5) is 11.0. The fourth-order valence-corrected chi connectivity index (χ4v) is 1.27. The molecule has 0 saturated heterocycles. The van der Waals surface area contributed by atoms with Crippen LogP contribution >= 0.6 is 0 Å².